The molecule has 0 bridgehead atoms. The topological polar surface area (TPSA) is 73.9 Å². The molecular formula is C17H19NO5. The maximum Gasteiger partial charge on any atom is 0.310 e. The Labute approximate surface area is 134 Å². The summed E-state index contributed by atoms with van der Waals surface area (Å²) in [6.07, 6.45) is 5.50. The first-order valence-corrected chi connectivity index (χ1v) is 7.69. The molecule has 2 aliphatic rings. The number of anilines is 1. The third-order valence-electron chi connectivity index (χ3n) is 3.90. The lowest BCUT2D eigenvalue weighted by atomic mass is 9.95. The van der Waals surface area contributed by atoms with Gasteiger partial charge in [0.05, 0.1) is 5.92 Å². The molecule has 0 spiro atoms. The lowest BCUT2D eigenvalue weighted by Gasteiger charge is -2.19. The fourth-order valence-electron chi connectivity index (χ4n) is 2.55. The number of ether oxygens (including phenoxy) is 3. The minimum atomic E-state index is -0.848. The van der Waals surface area contributed by atoms with E-state index >= 15 is 0 Å². The van der Waals surface area contributed by atoms with E-state index in [1.807, 2.05) is 6.08 Å². The number of hydrogen-bond acceptors (Lipinski definition) is 5. The van der Waals surface area contributed by atoms with Gasteiger partial charge >= 0.3 is 5.97 Å². The second-order valence-electron chi connectivity index (χ2n) is 5.62. The van der Waals surface area contributed by atoms with Crippen LogP contribution in [0.5, 0.6) is 11.5 Å². The molecule has 2 atom stereocenters. The molecule has 0 saturated carbocycles. The lowest BCUT2D eigenvalue weighted by Crippen LogP contribution is -2.32. The molecule has 23 heavy (non-hydrogen) atoms. The molecule has 0 unspecified atom stereocenters. The van der Waals surface area contributed by atoms with Gasteiger partial charge in [-0.1, -0.05) is 12.2 Å². The van der Waals surface area contributed by atoms with E-state index in [0.29, 0.717) is 23.6 Å². The predicted octanol–water partition coefficient (Wildman–Crippen LogP) is 2.64. The van der Waals surface area contributed by atoms with Crippen LogP contribution in [0.15, 0.2) is 30.4 Å². The van der Waals surface area contributed by atoms with Crippen molar-refractivity contribution in [2.24, 2.45) is 5.92 Å². The smallest absolute Gasteiger partial charge is 0.310 e. The van der Waals surface area contributed by atoms with E-state index in [1.165, 1.54) is 0 Å². The minimum absolute atomic E-state index is 0.152. The van der Waals surface area contributed by atoms with E-state index in [1.54, 1.807) is 25.1 Å². The molecule has 1 amide bonds. The van der Waals surface area contributed by atoms with Gasteiger partial charge in [-0.15, -0.1) is 0 Å². The first kappa shape index (κ1) is 15.4. The summed E-state index contributed by atoms with van der Waals surface area (Å²) in [5, 5.41) is 2.71. The first-order chi connectivity index (χ1) is 11.1. The molecule has 1 aromatic carbocycles. The number of esters is 1. The number of fused-ring (bicyclic) bond motifs is 1. The van der Waals surface area contributed by atoms with Crippen LogP contribution in [-0.2, 0) is 14.3 Å². The molecule has 0 fully saturated rings. The van der Waals surface area contributed by atoms with E-state index < -0.39 is 6.10 Å². The summed E-state index contributed by atoms with van der Waals surface area (Å²) in [4.78, 5) is 24.2. The second kappa shape index (κ2) is 6.73. The zero-order valence-corrected chi connectivity index (χ0v) is 12.9. The Bertz CT molecular complexity index is 640. The Morgan fingerprint density at radius 1 is 1.26 bits per heavy atom. The standard InChI is InChI=1S/C17H19NO5/c1-11(23-17(20)12-5-3-2-4-6-12)16(19)18-13-7-8-14-15(9-13)22-10-21-14/h2-3,7-9,11-12H,4-6,10H2,1H3,(H,18,19)/t11-,12-/m0/s1. The number of rotatable bonds is 4. The monoisotopic (exact) mass is 317 g/mol. The number of carbonyl (C=O) groups is 2. The Balaban J connectivity index is 1.55. The van der Waals surface area contributed by atoms with Crippen molar-refractivity contribution < 1.29 is 23.8 Å². The van der Waals surface area contributed by atoms with E-state index in [0.717, 1.165) is 12.8 Å². The molecule has 1 N–H and O–H groups in total. The van der Waals surface area contributed by atoms with Crippen molar-refractivity contribution in [3.05, 3.63) is 30.4 Å². The average Bonchev–Trinajstić information content (AvgIpc) is 3.03. The van der Waals surface area contributed by atoms with Crippen molar-refractivity contribution in [1.29, 1.82) is 0 Å². The zero-order valence-electron chi connectivity index (χ0n) is 12.9. The third kappa shape index (κ3) is 3.64. The number of amides is 1. The van der Waals surface area contributed by atoms with Crippen LogP contribution in [0.4, 0.5) is 5.69 Å². The molecule has 0 radical (unpaired) electrons. The molecule has 3 rings (SSSR count). The predicted molar refractivity (Wildman–Crippen MR) is 83.2 cm³/mol. The third-order valence-corrected chi connectivity index (χ3v) is 3.90. The number of hydrogen-bond donors (Lipinski definition) is 1. The molecule has 1 aliphatic carbocycles. The Hall–Kier alpha value is -2.50. The highest BCUT2D eigenvalue weighted by Crippen LogP contribution is 2.34. The average molecular weight is 317 g/mol. The van der Waals surface area contributed by atoms with Crippen LogP contribution < -0.4 is 14.8 Å². The van der Waals surface area contributed by atoms with Gasteiger partial charge in [-0.2, -0.15) is 0 Å². The molecule has 0 aromatic heterocycles. The highest BCUT2D eigenvalue weighted by Gasteiger charge is 2.25. The van der Waals surface area contributed by atoms with E-state index in [2.05, 4.69) is 11.4 Å². The van der Waals surface area contributed by atoms with Crippen LogP contribution in [0.25, 0.3) is 0 Å². The molecule has 1 aliphatic heterocycles. The molecule has 1 heterocycles. The molecule has 1 aromatic rings. The van der Waals surface area contributed by atoms with Crippen LogP contribution in [0.2, 0.25) is 0 Å². The van der Waals surface area contributed by atoms with Crippen molar-refractivity contribution in [3.63, 3.8) is 0 Å². The fourth-order valence-corrected chi connectivity index (χ4v) is 2.55. The largest absolute Gasteiger partial charge is 0.454 e. The molecule has 122 valence electrons. The highest BCUT2D eigenvalue weighted by atomic mass is 16.7. The van der Waals surface area contributed by atoms with Crippen LogP contribution in [0.1, 0.15) is 26.2 Å². The molecule has 6 nitrogen and oxygen atoms in total. The van der Waals surface area contributed by atoms with Gasteiger partial charge < -0.3 is 19.5 Å². The number of nitrogens with one attached hydrogen (secondary N) is 1. The summed E-state index contributed by atoms with van der Waals surface area (Å²) in [6.45, 7) is 1.75. The number of allylic oxidation sites excluding steroid dienone is 2. The summed E-state index contributed by atoms with van der Waals surface area (Å²) in [6, 6.07) is 5.12. The van der Waals surface area contributed by atoms with Gasteiger partial charge in [0.2, 0.25) is 6.79 Å². The number of carbonyl (C=O) groups excluding carboxylic acids is 2. The normalized spacial score (nSPS) is 20.0. The quantitative estimate of drug-likeness (QED) is 0.682. The lowest BCUT2D eigenvalue weighted by molar-refractivity contribution is -0.157. The van der Waals surface area contributed by atoms with E-state index in [4.69, 9.17) is 14.2 Å². The maximum absolute atomic E-state index is 12.2. The minimum Gasteiger partial charge on any atom is -0.454 e. The Morgan fingerprint density at radius 3 is 2.87 bits per heavy atom. The van der Waals surface area contributed by atoms with Crippen LogP contribution in [0.3, 0.4) is 0 Å². The zero-order chi connectivity index (χ0) is 16.2. The Morgan fingerprint density at radius 2 is 2.09 bits per heavy atom. The second-order valence-corrected chi connectivity index (χ2v) is 5.62. The van der Waals surface area contributed by atoms with Crippen molar-refractivity contribution in [3.8, 4) is 11.5 Å². The van der Waals surface area contributed by atoms with Gasteiger partial charge in [-0.3, -0.25) is 9.59 Å². The molecular weight excluding hydrogens is 298 g/mol. The van der Waals surface area contributed by atoms with Crippen molar-refractivity contribution in [2.75, 3.05) is 12.1 Å². The van der Waals surface area contributed by atoms with Gasteiger partial charge in [0, 0.05) is 11.8 Å². The van der Waals surface area contributed by atoms with E-state index in [-0.39, 0.29) is 24.6 Å². The van der Waals surface area contributed by atoms with Crippen molar-refractivity contribution in [2.45, 2.75) is 32.3 Å². The van der Waals surface area contributed by atoms with Gasteiger partial charge in [0.25, 0.3) is 5.91 Å². The first-order valence-electron chi connectivity index (χ1n) is 7.69. The van der Waals surface area contributed by atoms with Gasteiger partial charge in [0.15, 0.2) is 17.6 Å². The fraction of sp³-hybridized carbons (Fsp3) is 0.412. The van der Waals surface area contributed by atoms with E-state index in [9.17, 15) is 9.59 Å². The SMILES string of the molecule is C[C@H](OC(=O)[C@H]1CC=CCC1)C(=O)Nc1ccc2c(c1)OCO2. The van der Waals surface area contributed by atoms with Crippen molar-refractivity contribution in [1.82, 2.24) is 0 Å². The summed E-state index contributed by atoms with van der Waals surface area (Å²) in [5.74, 6) is 0.390. The van der Waals surface area contributed by atoms with Crippen molar-refractivity contribution >= 4 is 17.6 Å². The van der Waals surface area contributed by atoms with Gasteiger partial charge in [-0.25, -0.2) is 0 Å². The Kier molecular flexibility index (Phi) is 4.50. The highest BCUT2D eigenvalue weighted by molar-refractivity contribution is 5.95. The number of benzene rings is 1. The summed E-state index contributed by atoms with van der Waals surface area (Å²) in [7, 11) is 0. The van der Waals surface area contributed by atoms with Gasteiger partial charge in [0.1, 0.15) is 0 Å². The summed E-state index contributed by atoms with van der Waals surface area (Å²) in [5.41, 5.74) is 0.572. The summed E-state index contributed by atoms with van der Waals surface area (Å²) >= 11 is 0. The summed E-state index contributed by atoms with van der Waals surface area (Å²) < 4.78 is 15.8. The molecule has 6 heteroatoms. The van der Waals surface area contributed by atoms with Crippen LogP contribution in [0, 0.1) is 5.92 Å². The van der Waals surface area contributed by atoms with Gasteiger partial charge in [-0.05, 0) is 38.3 Å². The van der Waals surface area contributed by atoms with Crippen LogP contribution >= 0.6 is 0 Å². The molecule has 0 saturated heterocycles. The maximum atomic E-state index is 12.2. The van der Waals surface area contributed by atoms with Crippen LogP contribution in [-0.4, -0.2) is 24.8 Å².